The van der Waals surface area contributed by atoms with Crippen molar-refractivity contribution in [2.24, 2.45) is 0 Å². The molecule has 5 aromatic rings. The Balaban J connectivity index is 1.32. The summed E-state index contributed by atoms with van der Waals surface area (Å²) in [6.45, 7) is 1.84. The van der Waals surface area contributed by atoms with Crippen molar-refractivity contribution in [1.29, 1.82) is 0 Å². The number of nitrogens with zero attached hydrogens (tertiary/aromatic N) is 3. The average Bonchev–Trinajstić information content (AvgIpc) is 2.97. The minimum atomic E-state index is -4.46. The van der Waals surface area contributed by atoms with Gasteiger partial charge in [-0.25, -0.2) is 0 Å². The molecule has 5 rings (SSSR count). The van der Waals surface area contributed by atoms with Crippen LogP contribution in [0.25, 0.3) is 22.2 Å². The summed E-state index contributed by atoms with van der Waals surface area (Å²) < 4.78 is 38.9. The zero-order valence-electron chi connectivity index (χ0n) is 21.1. The smallest absolute Gasteiger partial charge is 0.344 e. The van der Waals surface area contributed by atoms with Gasteiger partial charge in [-0.2, -0.15) is 13.2 Å². The molecule has 200 valence electrons. The van der Waals surface area contributed by atoms with Gasteiger partial charge in [0.05, 0.1) is 39.6 Å². The van der Waals surface area contributed by atoms with Gasteiger partial charge in [0.25, 0.3) is 11.8 Å². The second-order valence-electron chi connectivity index (χ2n) is 9.01. The molecule has 0 bridgehead atoms. The van der Waals surface area contributed by atoms with E-state index >= 15 is 0 Å². The number of carbonyl (C=O) groups excluding carboxylic acids is 2. The van der Waals surface area contributed by atoms with Crippen molar-refractivity contribution in [2.75, 3.05) is 5.32 Å². The lowest BCUT2D eigenvalue weighted by molar-refractivity contribution is -0.137. The van der Waals surface area contributed by atoms with E-state index in [4.69, 9.17) is 0 Å². The molecule has 2 N–H and O–H groups in total. The van der Waals surface area contributed by atoms with Crippen LogP contribution >= 0.6 is 0 Å². The van der Waals surface area contributed by atoms with Crippen LogP contribution in [0.1, 0.15) is 44.9 Å². The quantitative estimate of drug-likeness (QED) is 0.257. The predicted octanol–water partition coefficient (Wildman–Crippen LogP) is 6.45. The summed E-state index contributed by atoms with van der Waals surface area (Å²) in [6.07, 6.45) is 0.123. The van der Waals surface area contributed by atoms with E-state index in [1.807, 2.05) is 19.1 Å². The molecule has 0 aliphatic heterocycles. The Morgan fingerprint density at radius 3 is 2.33 bits per heavy atom. The van der Waals surface area contributed by atoms with E-state index in [-0.39, 0.29) is 23.2 Å². The maximum Gasteiger partial charge on any atom is 0.416 e. The molecule has 2 aromatic carbocycles. The number of anilines is 1. The molecular weight excluding hydrogens is 519 g/mol. The largest absolute Gasteiger partial charge is 0.416 e. The van der Waals surface area contributed by atoms with E-state index in [9.17, 15) is 22.8 Å². The number of fused-ring (bicyclic) bond motifs is 1. The van der Waals surface area contributed by atoms with Crippen molar-refractivity contribution in [3.05, 3.63) is 120 Å². The summed E-state index contributed by atoms with van der Waals surface area (Å²) >= 11 is 0. The van der Waals surface area contributed by atoms with Gasteiger partial charge in [0.15, 0.2) is 0 Å². The van der Waals surface area contributed by atoms with E-state index in [0.29, 0.717) is 27.7 Å². The number of nitrogens with one attached hydrogen (secondary N) is 2. The molecule has 0 fully saturated rings. The first-order chi connectivity index (χ1) is 19.2. The first kappa shape index (κ1) is 26.5. The van der Waals surface area contributed by atoms with Crippen LogP contribution in [0.5, 0.6) is 0 Å². The molecule has 0 aliphatic carbocycles. The van der Waals surface area contributed by atoms with E-state index in [0.717, 1.165) is 17.8 Å². The highest BCUT2D eigenvalue weighted by atomic mass is 19.4. The topological polar surface area (TPSA) is 96.9 Å². The monoisotopic (exact) mass is 541 g/mol. The van der Waals surface area contributed by atoms with Crippen LogP contribution in [-0.4, -0.2) is 26.8 Å². The summed E-state index contributed by atoms with van der Waals surface area (Å²) in [5.74, 6) is -0.779. The second kappa shape index (κ2) is 10.9. The van der Waals surface area contributed by atoms with Crippen LogP contribution in [0, 0.1) is 0 Å². The number of aromatic nitrogens is 3. The molecule has 1 atom stereocenters. The third-order valence-corrected chi connectivity index (χ3v) is 6.22. The lowest BCUT2D eigenvalue weighted by atomic mass is 10.0. The lowest BCUT2D eigenvalue weighted by Crippen LogP contribution is -2.27. The fourth-order valence-electron chi connectivity index (χ4n) is 4.14. The van der Waals surface area contributed by atoms with E-state index in [1.165, 1.54) is 24.5 Å². The number of amides is 2. The Hall–Kier alpha value is -5.12. The summed E-state index contributed by atoms with van der Waals surface area (Å²) in [5.41, 5.74) is 2.16. The summed E-state index contributed by atoms with van der Waals surface area (Å²) in [7, 11) is 0. The molecule has 3 heterocycles. The molecule has 2 amide bonds. The van der Waals surface area contributed by atoms with Gasteiger partial charge in [-0.05, 0) is 61.5 Å². The highest BCUT2D eigenvalue weighted by Crippen LogP contribution is 2.31. The predicted molar refractivity (Wildman–Crippen MR) is 144 cm³/mol. The van der Waals surface area contributed by atoms with Gasteiger partial charge in [-0.15, -0.1) is 0 Å². The van der Waals surface area contributed by atoms with Gasteiger partial charge in [-0.1, -0.05) is 24.3 Å². The van der Waals surface area contributed by atoms with Crippen LogP contribution in [-0.2, 0) is 6.18 Å². The SMILES string of the molecule is C[C@@H](NC(=O)c1cnc2cc(NC(=O)c3cccnc3-c3ccc(C(F)(F)F)cc3)ccc2c1)c1ccccn1. The Bertz CT molecular complexity index is 1690. The number of pyridine rings is 3. The number of hydrogen-bond acceptors (Lipinski definition) is 5. The van der Waals surface area contributed by atoms with E-state index < -0.39 is 17.6 Å². The maximum atomic E-state index is 13.1. The van der Waals surface area contributed by atoms with Gasteiger partial charge in [0.2, 0.25) is 0 Å². The number of alkyl halides is 3. The number of halogens is 3. The molecule has 0 radical (unpaired) electrons. The Labute approximate surface area is 227 Å². The molecule has 10 heteroatoms. The molecule has 0 unspecified atom stereocenters. The van der Waals surface area contributed by atoms with Crippen molar-refractivity contribution < 1.29 is 22.8 Å². The Kier molecular flexibility index (Phi) is 7.24. The van der Waals surface area contributed by atoms with Gasteiger partial charge in [-0.3, -0.25) is 24.5 Å². The van der Waals surface area contributed by atoms with Gasteiger partial charge in [0, 0.05) is 35.2 Å². The molecular formula is C30H22F3N5O2. The first-order valence-electron chi connectivity index (χ1n) is 12.2. The van der Waals surface area contributed by atoms with Gasteiger partial charge in [0.1, 0.15) is 0 Å². The highest BCUT2D eigenvalue weighted by molar-refractivity contribution is 6.08. The molecule has 0 spiro atoms. The molecule has 40 heavy (non-hydrogen) atoms. The number of benzene rings is 2. The summed E-state index contributed by atoms with van der Waals surface area (Å²) in [5, 5.41) is 6.39. The summed E-state index contributed by atoms with van der Waals surface area (Å²) in [6, 6.07) is 19.6. The van der Waals surface area contributed by atoms with E-state index in [1.54, 1.807) is 48.7 Å². The Morgan fingerprint density at radius 2 is 1.60 bits per heavy atom. The fraction of sp³-hybridized carbons (Fsp3) is 0.100. The van der Waals surface area contributed by atoms with Gasteiger partial charge < -0.3 is 10.6 Å². The minimum absolute atomic E-state index is 0.198. The maximum absolute atomic E-state index is 13.1. The van der Waals surface area contributed by atoms with Crippen molar-refractivity contribution in [3.8, 4) is 11.3 Å². The van der Waals surface area contributed by atoms with Crippen LogP contribution in [0.4, 0.5) is 18.9 Å². The van der Waals surface area contributed by atoms with Crippen molar-refractivity contribution in [2.45, 2.75) is 19.1 Å². The van der Waals surface area contributed by atoms with Crippen LogP contribution in [0.3, 0.4) is 0 Å². The van der Waals surface area contributed by atoms with Gasteiger partial charge >= 0.3 is 6.18 Å². The molecule has 3 aromatic heterocycles. The molecule has 7 nitrogen and oxygen atoms in total. The highest BCUT2D eigenvalue weighted by Gasteiger charge is 2.30. The molecule has 0 saturated carbocycles. The normalized spacial score (nSPS) is 12.1. The van der Waals surface area contributed by atoms with E-state index in [2.05, 4.69) is 25.6 Å². The second-order valence-corrected chi connectivity index (χ2v) is 9.01. The molecule has 0 aliphatic rings. The number of carbonyl (C=O) groups is 2. The van der Waals surface area contributed by atoms with Crippen molar-refractivity contribution in [1.82, 2.24) is 20.3 Å². The minimum Gasteiger partial charge on any atom is -0.344 e. The van der Waals surface area contributed by atoms with Crippen LogP contribution in [0.15, 0.2) is 97.5 Å². The number of rotatable bonds is 6. The Morgan fingerprint density at radius 1 is 0.825 bits per heavy atom. The first-order valence-corrected chi connectivity index (χ1v) is 12.2. The molecule has 0 saturated heterocycles. The average molecular weight is 542 g/mol. The zero-order chi connectivity index (χ0) is 28.3. The van der Waals surface area contributed by atoms with Crippen LogP contribution < -0.4 is 10.6 Å². The van der Waals surface area contributed by atoms with Crippen LogP contribution in [0.2, 0.25) is 0 Å². The third kappa shape index (κ3) is 5.80. The number of hydrogen-bond donors (Lipinski definition) is 2. The lowest BCUT2D eigenvalue weighted by Gasteiger charge is -2.13. The third-order valence-electron chi connectivity index (χ3n) is 6.22. The van der Waals surface area contributed by atoms with Crippen molar-refractivity contribution in [3.63, 3.8) is 0 Å². The summed E-state index contributed by atoms with van der Waals surface area (Å²) in [4.78, 5) is 38.7. The standard InChI is InChI=1S/C30H22F3N5O2/c1-18(25-6-2-3-13-34-25)37-28(39)21-15-20-9-12-23(16-26(20)36-17-21)38-29(40)24-5-4-14-35-27(24)19-7-10-22(11-8-19)30(31,32)33/h2-18H,1H3,(H,37,39)(H,38,40)/t18-/m1/s1. The fourth-order valence-corrected chi connectivity index (χ4v) is 4.14. The zero-order valence-corrected chi connectivity index (χ0v) is 21.1. The van der Waals surface area contributed by atoms with Crippen molar-refractivity contribution >= 4 is 28.4 Å².